The molecular formula is C22H20ClFN6S. The summed E-state index contributed by atoms with van der Waals surface area (Å²) in [6.07, 6.45) is 3.50. The summed E-state index contributed by atoms with van der Waals surface area (Å²) in [5, 5.41) is 15.5. The topological polar surface area (TPSA) is 59.7 Å². The maximum Gasteiger partial charge on any atom is 0.177 e. The number of benzene rings is 2. The number of halogens is 2. The van der Waals surface area contributed by atoms with Crippen LogP contribution in [0.15, 0.2) is 67.0 Å². The Morgan fingerprint density at radius 2 is 1.68 bits per heavy atom. The Kier molecular flexibility index (Phi) is 6.29. The highest BCUT2D eigenvalue weighted by atomic mass is 35.5. The van der Waals surface area contributed by atoms with Gasteiger partial charge in [0.25, 0.3) is 0 Å². The first-order valence-corrected chi connectivity index (χ1v) is 10.4. The van der Waals surface area contributed by atoms with E-state index in [1.54, 1.807) is 29.1 Å². The number of aryl methyl sites for hydroxylation is 1. The van der Waals surface area contributed by atoms with Crippen molar-refractivity contribution in [3.05, 3.63) is 94.5 Å². The van der Waals surface area contributed by atoms with Crippen LogP contribution >= 0.6 is 23.8 Å². The quantitative estimate of drug-likeness (QED) is 0.397. The summed E-state index contributed by atoms with van der Waals surface area (Å²) in [5.74, 6) is 0.699. The highest BCUT2D eigenvalue weighted by Crippen LogP contribution is 2.21. The molecule has 4 rings (SSSR count). The lowest BCUT2D eigenvalue weighted by Crippen LogP contribution is -2.20. The van der Waals surface area contributed by atoms with Gasteiger partial charge in [-0.05, 0) is 36.3 Å². The van der Waals surface area contributed by atoms with E-state index in [1.165, 1.54) is 17.2 Å². The number of anilines is 2. The van der Waals surface area contributed by atoms with Gasteiger partial charge >= 0.3 is 0 Å². The molecule has 0 bridgehead atoms. The highest BCUT2D eigenvalue weighted by Gasteiger charge is 2.11. The maximum absolute atomic E-state index is 13.9. The summed E-state index contributed by atoms with van der Waals surface area (Å²) in [4.78, 5) is 0. The number of rotatable bonds is 6. The average Bonchev–Trinajstić information content (AvgIpc) is 3.31. The lowest BCUT2D eigenvalue weighted by Gasteiger charge is -2.07. The molecular weight excluding hydrogens is 435 g/mol. The monoisotopic (exact) mass is 454 g/mol. The van der Waals surface area contributed by atoms with Gasteiger partial charge in [-0.25, -0.2) is 4.39 Å². The highest BCUT2D eigenvalue weighted by molar-refractivity contribution is 7.80. The van der Waals surface area contributed by atoms with Crippen molar-refractivity contribution in [3.8, 4) is 0 Å². The van der Waals surface area contributed by atoms with Crippen molar-refractivity contribution < 1.29 is 4.39 Å². The molecule has 0 atom stereocenters. The second-order valence-electron chi connectivity index (χ2n) is 7.02. The molecule has 6 nitrogen and oxygen atoms in total. The number of hydrogen-bond acceptors (Lipinski definition) is 3. The van der Waals surface area contributed by atoms with Crippen LogP contribution in [0.4, 0.5) is 16.0 Å². The van der Waals surface area contributed by atoms with E-state index in [0.717, 1.165) is 0 Å². The Labute approximate surface area is 189 Å². The van der Waals surface area contributed by atoms with Gasteiger partial charge in [-0.1, -0.05) is 54.1 Å². The van der Waals surface area contributed by atoms with Crippen LogP contribution in [0.2, 0.25) is 5.02 Å². The Morgan fingerprint density at radius 1 is 0.968 bits per heavy atom. The fourth-order valence-electron chi connectivity index (χ4n) is 3.10. The van der Waals surface area contributed by atoms with E-state index in [0.29, 0.717) is 33.9 Å². The zero-order chi connectivity index (χ0) is 21.8. The van der Waals surface area contributed by atoms with Crippen molar-refractivity contribution in [3.63, 3.8) is 0 Å². The minimum absolute atomic E-state index is 0.261. The zero-order valence-electron chi connectivity index (χ0n) is 16.7. The van der Waals surface area contributed by atoms with Crippen molar-refractivity contribution in [2.75, 3.05) is 10.6 Å². The van der Waals surface area contributed by atoms with Crippen LogP contribution in [0.1, 0.15) is 16.7 Å². The van der Waals surface area contributed by atoms with Crippen LogP contribution in [0, 0.1) is 12.7 Å². The Balaban J connectivity index is 1.37. The first-order valence-electron chi connectivity index (χ1n) is 9.60. The minimum Gasteiger partial charge on any atom is -0.316 e. The van der Waals surface area contributed by atoms with Gasteiger partial charge in [0.05, 0.1) is 13.1 Å². The molecule has 0 aliphatic carbocycles. The molecule has 0 fully saturated rings. The normalized spacial score (nSPS) is 10.8. The van der Waals surface area contributed by atoms with E-state index in [4.69, 9.17) is 23.8 Å². The lowest BCUT2D eigenvalue weighted by atomic mass is 10.1. The first kappa shape index (κ1) is 21.0. The summed E-state index contributed by atoms with van der Waals surface area (Å²) in [5.41, 5.74) is 2.93. The largest absolute Gasteiger partial charge is 0.316 e. The van der Waals surface area contributed by atoms with Crippen LogP contribution in [-0.2, 0) is 13.1 Å². The lowest BCUT2D eigenvalue weighted by molar-refractivity contribution is 0.586. The molecule has 2 aromatic carbocycles. The van der Waals surface area contributed by atoms with Crippen LogP contribution in [0.5, 0.6) is 0 Å². The molecule has 0 saturated heterocycles. The average molecular weight is 455 g/mol. The predicted molar refractivity (Wildman–Crippen MR) is 125 cm³/mol. The summed E-state index contributed by atoms with van der Waals surface area (Å²) in [6, 6.07) is 16.6. The summed E-state index contributed by atoms with van der Waals surface area (Å²) >= 11 is 11.6. The molecule has 158 valence electrons. The molecule has 0 saturated carbocycles. The second-order valence-corrected chi connectivity index (χ2v) is 7.83. The third-order valence-corrected chi connectivity index (χ3v) is 5.20. The van der Waals surface area contributed by atoms with E-state index >= 15 is 0 Å². The SMILES string of the molecule is Cc1ccccc1Cn1ccc(NC(=S)Nc2nn(Cc3ccccc3F)cc2Cl)n1. The van der Waals surface area contributed by atoms with Crippen molar-refractivity contribution in [2.24, 2.45) is 0 Å². The van der Waals surface area contributed by atoms with E-state index < -0.39 is 0 Å². The number of nitrogens with one attached hydrogen (secondary N) is 2. The molecule has 0 unspecified atom stereocenters. The minimum atomic E-state index is -0.290. The van der Waals surface area contributed by atoms with Gasteiger partial charge in [-0.2, -0.15) is 10.2 Å². The van der Waals surface area contributed by atoms with Crippen molar-refractivity contribution in [2.45, 2.75) is 20.0 Å². The molecule has 4 aromatic rings. The summed E-state index contributed by atoms with van der Waals surface area (Å²) in [7, 11) is 0. The van der Waals surface area contributed by atoms with Gasteiger partial charge in [-0.3, -0.25) is 9.36 Å². The van der Waals surface area contributed by atoms with Crippen LogP contribution in [-0.4, -0.2) is 24.7 Å². The third-order valence-electron chi connectivity index (χ3n) is 4.72. The Hall–Kier alpha value is -3.23. The van der Waals surface area contributed by atoms with Gasteiger partial charge in [0.1, 0.15) is 10.8 Å². The smallest absolute Gasteiger partial charge is 0.177 e. The third kappa shape index (κ3) is 5.28. The van der Waals surface area contributed by atoms with Gasteiger partial charge < -0.3 is 10.6 Å². The number of nitrogens with zero attached hydrogens (tertiary/aromatic N) is 4. The van der Waals surface area contributed by atoms with E-state index in [2.05, 4.69) is 39.9 Å². The molecule has 31 heavy (non-hydrogen) atoms. The van der Waals surface area contributed by atoms with Crippen molar-refractivity contribution >= 4 is 40.6 Å². The molecule has 2 N–H and O–H groups in total. The van der Waals surface area contributed by atoms with Crippen LogP contribution < -0.4 is 10.6 Å². The standard InChI is InChI=1S/C22H20ClFN6S/c1-15-6-2-3-7-16(15)12-29-11-10-20(27-29)25-22(31)26-21-18(23)14-30(28-21)13-17-8-4-5-9-19(17)24/h2-11,14H,12-13H2,1H3,(H2,25,26,27,28,31). The van der Waals surface area contributed by atoms with Crippen molar-refractivity contribution in [1.82, 2.24) is 19.6 Å². The van der Waals surface area contributed by atoms with Gasteiger partial charge in [0.15, 0.2) is 16.7 Å². The molecule has 2 aromatic heterocycles. The van der Waals surface area contributed by atoms with Crippen LogP contribution in [0.25, 0.3) is 0 Å². The molecule has 0 radical (unpaired) electrons. The molecule has 0 amide bonds. The molecule has 0 spiro atoms. The Morgan fingerprint density at radius 3 is 2.45 bits per heavy atom. The van der Waals surface area contributed by atoms with Crippen LogP contribution in [0.3, 0.4) is 0 Å². The van der Waals surface area contributed by atoms with Crippen molar-refractivity contribution in [1.29, 1.82) is 0 Å². The predicted octanol–water partition coefficient (Wildman–Crippen LogP) is 5.09. The summed E-state index contributed by atoms with van der Waals surface area (Å²) < 4.78 is 17.3. The maximum atomic E-state index is 13.9. The molecule has 9 heteroatoms. The second kappa shape index (κ2) is 9.28. The zero-order valence-corrected chi connectivity index (χ0v) is 18.3. The van der Waals surface area contributed by atoms with Gasteiger partial charge in [-0.15, -0.1) is 0 Å². The Bertz CT molecular complexity index is 1220. The molecule has 0 aliphatic heterocycles. The number of hydrogen-bond donors (Lipinski definition) is 2. The number of aromatic nitrogens is 4. The van der Waals surface area contributed by atoms with Gasteiger partial charge in [0, 0.05) is 24.0 Å². The fraction of sp³-hybridized carbons (Fsp3) is 0.136. The summed E-state index contributed by atoms with van der Waals surface area (Å²) in [6.45, 7) is 3.00. The molecule has 0 aliphatic rings. The van der Waals surface area contributed by atoms with E-state index in [-0.39, 0.29) is 12.4 Å². The number of thiocarbonyl (C=S) groups is 1. The van der Waals surface area contributed by atoms with Gasteiger partial charge in [0.2, 0.25) is 0 Å². The first-order chi connectivity index (χ1) is 15.0. The molecule has 2 heterocycles. The fourth-order valence-corrected chi connectivity index (χ4v) is 3.50. The van der Waals surface area contributed by atoms with E-state index in [1.807, 2.05) is 29.1 Å². The van der Waals surface area contributed by atoms with E-state index in [9.17, 15) is 4.39 Å².